The van der Waals surface area contributed by atoms with E-state index in [2.05, 4.69) is 15.4 Å². The maximum Gasteiger partial charge on any atom is 0.407 e. The molecule has 5 N–H and O–H groups in total. The highest BCUT2D eigenvalue weighted by molar-refractivity contribution is 7.89. The van der Waals surface area contributed by atoms with Crippen LogP contribution in [-0.4, -0.2) is 68.7 Å². The number of methoxy groups -OCH3 is 1. The average Bonchev–Trinajstić information content (AvgIpc) is 2.92. The number of rotatable bonds is 16. The molecule has 0 radical (unpaired) electrons. The lowest BCUT2D eigenvalue weighted by atomic mass is 10.0. The van der Waals surface area contributed by atoms with E-state index < -0.39 is 28.2 Å². The molecule has 0 aromatic heterocycles. The van der Waals surface area contributed by atoms with E-state index in [1.807, 2.05) is 44.2 Å². The van der Waals surface area contributed by atoms with Gasteiger partial charge in [-0.05, 0) is 61.4 Å². The number of ether oxygens (including phenoxy) is 1. The maximum absolute atomic E-state index is 13.4. The molecule has 0 unspecified atom stereocenters. The molecule has 2 rings (SSSR count). The quantitative estimate of drug-likeness (QED) is 0.181. The number of aliphatic hydroxyl groups is 1. The molecule has 2 aromatic rings. The Morgan fingerprint density at radius 3 is 2.28 bits per heavy atom. The highest BCUT2D eigenvalue weighted by Gasteiger charge is 2.31. The molecule has 0 heterocycles. The Morgan fingerprint density at radius 1 is 1.03 bits per heavy atom. The zero-order valence-electron chi connectivity index (χ0n) is 23.0. The summed E-state index contributed by atoms with van der Waals surface area (Å²) in [7, 11) is -2.59. The largest absolute Gasteiger partial charge is 0.453 e. The van der Waals surface area contributed by atoms with Gasteiger partial charge >= 0.3 is 6.09 Å². The number of carbonyl (C=O) groups is 2. The number of unbranched alkanes of at least 4 members (excludes halogenated alkanes) is 1. The van der Waals surface area contributed by atoms with Crippen molar-refractivity contribution in [3.63, 3.8) is 0 Å². The Hall–Kier alpha value is -3.15. The fourth-order valence-corrected chi connectivity index (χ4v) is 5.98. The number of nitrogens with zero attached hydrogens (tertiary/aromatic N) is 1. The van der Waals surface area contributed by atoms with Crippen molar-refractivity contribution in [2.45, 2.75) is 62.9 Å². The normalized spacial score (nSPS) is 13.2. The SMILES string of the molecule is COC(=O)N[C@@H](CCc1ccccc1)C(=O)NCCCC[C@@H](CO)N(CC(C)C)S(=O)(=O)c1ccc(N)cc1. The summed E-state index contributed by atoms with van der Waals surface area (Å²) < 4.78 is 32.8. The minimum atomic E-state index is -3.84. The predicted octanol–water partition coefficient (Wildman–Crippen LogP) is 2.92. The third-order valence-corrected chi connectivity index (χ3v) is 8.20. The number of hydrogen-bond donors (Lipinski definition) is 4. The van der Waals surface area contributed by atoms with Crippen molar-refractivity contribution >= 4 is 27.7 Å². The molecule has 2 amide bonds. The number of benzene rings is 2. The summed E-state index contributed by atoms with van der Waals surface area (Å²) in [5, 5.41) is 15.5. The number of amides is 2. The van der Waals surface area contributed by atoms with E-state index in [0.29, 0.717) is 44.3 Å². The first-order valence-electron chi connectivity index (χ1n) is 13.2. The Bertz CT molecular complexity index is 1130. The van der Waals surface area contributed by atoms with Gasteiger partial charge in [-0.15, -0.1) is 0 Å². The lowest BCUT2D eigenvalue weighted by Gasteiger charge is -2.31. The van der Waals surface area contributed by atoms with Crippen LogP contribution in [0, 0.1) is 5.92 Å². The Balaban J connectivity index is 1.94. The number of aryl methyl sites for hydroxylation is 1. The highest BCUT2D eigenvalue weighted by Crippen LogP contribution is 2.23. The van der Waals surface area contributed by atoms with Gasteiger partial charge in [-0.3, -0.25) is 4.79 Å². The zero-order valence-corrected chi connectivity index (χ0v) is 23.8. The van der Waals surface area contributed by atoms with E-state index in [-0.39, 0.29) is 29.9 Å². The Kier molecular flexibility index (Phi) is 13.2. The first-order chi connectivity index (χ1) is 18.6. The molecule has 0 aliphatic rings. The number of nitrogen functional groups attached to an aromatic ring is 1. The Morgan fingerprint density at radius 2 is 1.69 bits per heavy atom. The molecule has 0 aliphatic heterocycles. The molecule has 11 heteroatoms. The van der Waals surface area contributed by atoms with E-state index >= 15 is 0 Å². The molecular formula is C28H42N4O6S. The van der Waals surface area contributed by atoms with Crippen LogP contribution in [0.1, 0.15) is 45.1 Å². The first kappa shape index (κ1) is 32.1. The van der Waals surface area contributed by atoms with Crippen LogP contribution in [0.2, 0.25) is 0 Å². The van der Waals surface area contributed by atoms with Gasteiger partial charge in [-0.2, -0.15) is 4.31 Å². The van der Waals surface area contributed by atoms with Gasteiger partial charge in [0.15, 0.2) is 0 Å². The van der Waals surface area contributed by atoms with Gasteiger partial charge in [-0.25, -0.2) is 13.2 Å². The van der Waals surface area contributed by atoms with Crippen molar-refractivity contribution in [2.24, 2.45) is 5.92 Å². The molecule has 2 atom stereocenters. The van der Waals surface area contributed by atoms with Crippen LogP contribution in [0.15, 0.2) is 59.5 Å². The molecule has 216 valence electrons. The monoisotopic (exact) mass is 562 g/mol. The summed E-state index contributed by atoms with van der Waals surface area (Å²) in [6.07, 6.45) is 1.91. The highest BCUT2D eigenvalue weighted by atomic mass is 32.2. The van der Waals surface area contributed by atoms with Crippen LogP contribution in [0.25, 0.3) is 0 Å². The van der Waals surface area contributed by atoms with Crippen molar-refractivity contribution in [3.8, 4) is 0 Å². The van der Waals surface area contributed by atoms with E-state index in [4.69, 9.17) is 5.73 Å². The van der Waals surface area contributed by atoms with Crippen molar-refractivity contribution in [2.75, 3.05) is 32.5 Å². The fourth-order valence-electron chi connectivity index (χ4n) is 4.17. The van der Waals surface area contributed by atoms with E-state index in [9.17, 15) is 23.1 Å². The topological polar surface area (TPSA) is 151 Å². The van der Waals surface area contributed by atoms with Crippen LogP contribution < -0.4 is 16.4 Å². The standard InChI is InChI=1S/C28H42N4O6S/c1-21(2)19-32(39(36,37)25-15-13-23(29)14-16-25)24(20-33)11-7-8-18-30-27(34)26(31-28(35)38-3)17-12-22-9-5-4-6-10-22/h4-6,9-10,13-16,21,24,26,33H,7-8,11-12,17-20,29H2,1-3H3,(H,30,34)(H,31,35)/t24-,26-/m0/s1. The third kappa shape index (κ3) is 10.5. The van der Waals surface area contributed by atoms with E-state index in [1.165, 1.54) is 23.5 Å². The number of nitrogens with one attached hydrogen (secondary N) is 2. The number of hydrogen-bond acceptors (Lipinski definition) is 7. The van der Waals surface area contributed by atoms with Gasteiger partial charge in [0, 0.05) is 24.8 Å². The van der Waals surface area contributed by atoms with Gasteiger partial charge < -0.3 is 26.2 Å². The average molecular weight is 563 g/mol. The summed E-state index contributed by atoms with van der Waals surface area (Å²) in [4.78, 5) is 24.7. The minimum absolute atomic E-state index is 0.0528. The van der Waals surface area contributed by atoms with E-state index in [0.717, 1.165) is 5.56 Å². The summed E-state index contributed by atoms with van der Waals surface area (Å²) in [6.45, 7) is 4.13. The van der Waals surface area contributed by atoms with Crippen molar-refractivity contribution < 1.29 is 27.9 Å². The van der Waals surface area contributed by atoms with Crippen molar-refractivity contribution in [1.29, 1.82) is 0 Å². The number of anilines is 1. The van der Waals surface area contributed by atoms with Crippen molar-refractivity contribution in [1.82, 2.24) is 14.9 Å². The summed E-state index contributed by atoms with van der Waals surface area (Å²) in [6, 6.07) is 14.3. The number of nitrogens with two attached hydrogens (primary N) is 1. The summed E-state index contributed by atoms with van der Waals surface area (Å²) >= 11 is 0. The number of aliphatic hydroxyl groups excluding tert-OH is 1. The third-order valence-electron chi connectivity index (χ3n) is 6.27. The van der Waals surface area contributed by atoms with Gasteiger partial charge in [0.05, 0.1) is 18.6 Å². The molecule has 10 nitrogen and oxygen atoms in total. The molecule has 2 aromatic carbocycles. The first-order valence-corrected chi connectivity index (χ1v) is 14.7. The summed E-state index contributed by atoms with van der Waals surface area (Å²) in [5.74, 6) is -0.264. The molecule has 0 saturated carbocycles. The molecular weight excluding hydrogens is 520 g/mol. The minimum Gasteiger partial charge on any atom is -0.453 e. The predicted molar refractivity (Wildman–Crippen MR) is 151 cm³/mol. The van der Waals surface area contributed by atoms with Crippen LogP contribution in [-0.2, 0) is 26.0 Å². The fraction of sp³-hybridized carbons (Fsp3) is 0.500. The second-order valence-corrected chi connectivity index (χ2v) is 11.8. The van der Waals surface area contributed by atoms with Gasteiger partial charge in [-0.1, -0.05) is 50.6 Å². The number of alkyl carbamates (subject to hydrolysis) is 1. The molecule has 39 heavy (non-hydrogen) atoms. The molecule has 0 fully saturated rings. The van der Waals surface area contributed by atoms with Gasteiger partial charge in [0.2, 0.25) is 15.9 Å². The van der Waals surface area contributed by atoms with Crippen LogP contribution >= 0.6 is 0 Å². The van der Waals surface area contributed by atoms with Crippen molar-refractivity contribution in [3.05, 3.63) is 60.2 Å². The maximum atomic E-state index is 13.4. The second kappa shape index (κ2) is 16.1. The molecule has 0 bridgehead atoms. The smallest absolute Gasteiger partial charge is 0.407 e. The number of sulfonamides is 1. The van der Waals surface area contributed by atoms with Crippen LogP contribution in [0.5, 0.6) is 0 Å². The van der Waals surface area contributed by atoms with Gasteiger partial charge in [0.1, 0.15) is 6.04 Å². The number of carbonyl (C=O) groups excluding carboxylic acids is 2. The second-order valence-electron chi connectivity index (χ2n) is 9.87. The van der Waals surface area contributed by atoms with Crippen LogP contribution in [0.3, 0.4) is 0 Å². The van der Waals surface area contributed by atoms with Gasteiger partial charge in [0.25, 0.3) is 0 Å². The zero-order chi connectivity index (χ0) is 28.8. The lowest BCUT2D eigenvalue weighted by molar-refractivity contribution is -0.123. The Labute approximate surface area is 232 Å². The summed E-state index contributed by atoms with van der Waals surface area (Å²) in [5.41, 5.74) is 7.24. The molecule has 0 aliphatic carbocycles. The van der Waals surface area contributed by atoms with E-state index in [1.54, 1.807) is 12.1 Å². The lowest BCUT2D eigenvalue weighted by Crippen LogP contribution is -2.47. The molecule has 0 saturated heterocycles. The molecule has 0 spiro atoms. The van der Waals surface area contributed by atoms with Crippen LogP contribution in [0.4, 0.5) is 10.5 Å².